The highest BCUT2D eigenvalue weighted by molar-refractivity contribution is 8.00. The normalized spacial score (nSPS) is 15.1. The summed E-state index contributed by atoms with van der Waals surface area (Å²) in [7, 11) is 1.88. The van der Waals surface area contributed by atoms with Crippen molar-refractivity contribution in [3.63, 3.8) is 0 Å². The van der Waals surface area contributed by atoms with E-state index in [-0.39, 0.29) is 5.91 Å². The highest BCUT2D eigenvalue weighted by Crippen LogP contribution is 2.36. The van der Waals surface area contributed by atoms with Gasteiger partial charge in [0.25, 0.3) is 0 Å². The Morgan fingerprint density at radius 1 is 1.53 bits per heavy atom. The monoisotopic (exact) mass is 222 g/mol. The van der Waals surface area contributed by atoms with E-state index in [9.17, 15) is 4.79 Å². The Bertz CT molecular complexity index is 392. The van der Waals surface area contributed by atoms with Crippen molar-refractivity contribution in [3.05, 3.63) is 18.2 Å². The van der Waals surface area contributed by atoms with Gasteiger partial charge in [-0.2, -0.15) is 0 Å². The van der Waals surface area contributed by atoms with Crippen molar-refractivity contribution in [2.45, 2.75) is 11.8 Å². The molecule has 0 fully saturated rings. The Kier molecular flexibility index (Phi) is 2.86. The molecule has 15 heavy (non-hydrogen) atoms. The molecule has 0 unspecified atom stereocenters. The van der Waals surface area contributed by atoms with Crippen molar-refractivity contribution in [3.8, 4) is 0 Å². The first-order chi connectivity index (χ1) is 7.26. The lowest BCUT2D eigenvalue weighted by Crippen LogP contribution is -2.35. The fraction of sp³-hybridized carbons (Fsp3) is 0.364. The Labute approximate surface area is 93.8 Å². The van der Waals surface area contributed by atoms with Gasteiger partial charge >= 0.3 is 0 Å². The van der Waals surface area contributed by atoms with Crippen LogP contribution in [0.25, 0.3) is 0 Å². The van der Waals surface area contributed by atoms with Gasteiger partial charge < -0.3 is 10.2 Å². The third-order valence-electron chi connectivity index (χ3n) is 2.51. The number of nitrogens with one attached hydrogen (secondary N) is 1. The molecule has 4 heteroatoms. The number of rotatable bonds is 2. The lowest BCUT2D eigenvalue weighted by molar-refractivity contribution is -0.116. The molecule has 0 radical (unpaired) electrons. The van der Waals surface area contributed by atoms with E-state index in [1.807, 2.05) is 31.0 Å². The average Bonchev–Trinajstić information content (AvgIpc) is 2.28. The van der Waals surface area contributed by atoms with Gasteiger partial charge in [-0.3, -0.25) is 4.79 Å². The molecule has 1 aliphatic heterocycles. The second-order valence-electron chi connectivity index (χ2n) is 3.36. The largest absolute Gasteiger partial charge is 0.388 e. The van der Waals surface area contributed by atoms with Crippen LogP contribution in [0.2, 0.25) is 0 Å². The summed E-state index contributed by atoms with van der Waals surface area (Å²) in [6, 6.07) is 6.14. The predicted molar refractivity (Wildman–Crippen MR) is 64.7 cm³/mol. The van der Waals surface area contributed by atoms with E-state index < -0.39 is 0 Å². The topological polar surface area (TPSA) is 32.3 Å². The molecule has 2 rings (SSSR count). The summed E-state index contributed by atoms with van der Waals surface area (Å²) < 4.78 is 0. The molecule has 0 saturated heterocycles. The van der Waals surface area contributed by atoms with Gasteiger partial charge in [0.05, 0.1) is 11.4 Å². The number of carbonyl (C=O) groups is 1. The third-order valence-corrected chi connectivity index (χ3v) is 3.55. The Hall–Kier alpha value is -1.16. The van der Waals surface area contributed by atoms with E-state index in [4.69, 9.17) is 0 Å². The summed E-state index contributed by atoms with van der Waals surface area (Å²) in [6.45, 7) is 2.74. The van der Waals surface area contributed by atoms with Crippen LogP contribution in [0.1, 0.15) is 6.92 Å². The molecule has 0 saturated carbocycles. The molecular weight excluding hydrogens is 208 g/mol. The summed E-state index contributed by atoms with van der Waals surface area (Å²) in [5.41, 5.74) is 2.08. The van der Waals surface area contributed by atoms with Gasteiger partial charge in [0.15, 0.2) is 0 Å². The van der Waals surface area contributed by atoms with Crippen LogP contribution < -0.4 is 10.2 Å². The van der Waals surface area contributed by atoms with Crippen LogP contribution in [0, 0.1) is 0 Å². The second kappa shape index (κ2) is 4.14. The number of anilines is 2. The number of amides is 1. The fourth-order valence-electron chi connectivity index (χ4n) is 1.70. The number of fused-ring (bicyclic) bond motifs is 1. The minimum Gasteiger partial charge on any atom is -0.388 e. The summed E-state index contributed by atoms with van der Waals surface area (Å²) in [6.07, 6.45) is 0. The van der Waals surface area contributed by atoms with Crippen molar-refractivity contribution in [2.24, 2.45) is 0 Å². The number of nitrogens with zero attached hydrogens (tertiary/aromatic N) is 1. The lowest BCUT2D eigenvalue weighted by Gasteiger charge is -2.28. The van der Waals surface area contributed by atoms with E-state index in [1.54, 1.807) is 11.8 Å². The van der Waals surface area contributed by atoms with E-state index in [2.05, 4.69) is 11.4 Å². The van der Waals surface area contributed by atoms with Gasteiger partial charge in [-0.05, 0) is 25.1 Å². The first-order valence-corrected chi connectivity index (χ1v) is 5.99. The molecular formula is C11H14N2OS. The van der Waals surface area contributed by atoms with Crippen molar-refractivity contribution in [1.82, 2.24) is 0 Å². The number of hydrogen-bond donors (Lipinski definition) is 1. The van der Waals surface area contributed by atoms with Crippen LogP contribution in [0.3, 0.4) is 0 Å². The second-order valence-corrected chi connectivity index (χ2v) is 4.38. The molecule has 1 aliphatic rings. The molecule has 1 aromatic carbocycles. The molecule has 1 N–H and O–H groups in total. The molecule has 0 aromatic heterocycles. The molecule has 0 bridgehead atoms. The third kappa shape index (κ3) is 1.81. The molecule has 3 nitrogen and oxygen atoms in total. The maximum absolute atomic E-state index is 11.7. The van der Waals surface area contributed by atoms with E-state index in [0.29, 0.717) is 5.75 Å². The Balaban J connectivity index is 2.45. The molecule has 0 spiro atoms. The molecule has 1 heterocycles. The standard InChI is InChI=1S/C11H14N2OS/c1-3-13-9-6-8(12-2)4-5-10(9)15-7-11(13)14/h4-6,12H,3,7H2,1-2H3. The highest BCUT2D eigenvalue weighted by Gasteiger charge is 2.23. The summed E-state index contributed by atoms with van der Waals surface area (Å²) in [5, 5.41) is 3.09. The minimum atomic E-state index is 0.197. The van der Waals surface area contributed by atoms with Crippen molar-refractivity contribution in [2.75, 3.05) is 29.6 Å². The Morgan fingerprint density at radius 2 is 2.33 bits per heavy atom. The molecule has 1 aromatic rings. The first-order valence-electron chi connectivity index (χ1n) is 5.01. The summed E-state index contributed by atoms with van der Waals surface area (Å²) in [4.78, 5) is 14.7. The zero-order valence-electron chi connectivity index (χ0n) is 8.91. The van der Waals surface area contributed by atoms with E-state index in [0.717, 1.165) is 17.9 Å². The van der Waals surface area contributed by atoms with Crippen LogP contribution >= 0.6 is 11.8 Å². The predicted octanol–water partition coefficient (Wildman–Crippen LogP) is 2.19. The number of benzene rings is 1. The van der Waals surface area contributed by atoms with E-state index >= 15 is 0 Å². The van der Waals surface area contributed by atoms with Gasteiger partial charge in [0, 0.05) is 24.2 Å². The fourth-order valence-corrected chi connectivity index (χ4v) is 2.62. The lowest BCUT2D eigenvalue weighted by atomic mass is 10.2. The highest BCUT2D eigenvalue weighted by atomic mass is 32.2. The molecule has 0 aliphatic carbocycles. The van der Waals surface area contributed by atoms with Gasteiger partial charge in [0.1, 0.15) is 0 Å². The molecule has 80 valence electrons. The van der Waals surface area contributed by atoms with Crippen LogP contribution in [0.4, 0.5) is 11.4 Å². The van der Waals surface area contributed by atoms with Crippen molar-refractivity contribution >= 4 is 29.0 Å². The zero-order valence-corrected chi connectivity index (χ0v) is 9.73. The number of thioether (sulfide) groups is 1. The number of hydrogen-bond acceptors (Lipinski definition) is 3. The van der Waals surface area contributed by atoms with Gasteiger partial charge in [0.2, 0.25) is 5.91 Å². The minimum absolute atomic E-state index is 0.197. The van der Waals surface area contributed by atoms with Crippen LogP contribution in [-0.4, -0.2) is 25.3 Å². The first kappa shape index (κ1) is 10.4. The van der Waals surface area contributed by atoms with Crippen LogP contribution in [0.15, 0.2) is 23.1 Å². The van der Waals surface area contributed by atoms with Crippen LogP contribution in [0.5, 0.6) is 0 Å². The number of carbonyl (C=O) groups excluding carboxylic acids is 1. The summed E-state index contributed by atoms with van der Waals surface area (Å²) >= 11 is 1.62. The average molecular weight is 222 g/mol. The maximum Gasteiger partial charge on any atom is 0.237 e. The quantitative estimate of drug-likeness (QED) is 0.832. The van der Waals surface area contributed by atoms with Crippen molar-refractivity contribution in [1.29, 1.82) is 0 Å². The maximum atomic E-state index is 11.7. The van der Waals surface area contributed by atoms with Gasteiger partial charge in [-0.25, -0.2) is 0 Å². The Morgan fingerprint density at radius 3 is 3.00 bits per heavy atom. The molecule has 1 amide bonds. The summed E-state index contributed by atoms with van der Waals surface area (Å²) in [5.74, 6) is 0.753. The SMILES string of the molecule is CCN1C(=O)CSc2ccc(NC)cc21. The molecule has 0 atom stereocenters. The zero-order chi connectivity index (χ0) is 10.8. The van der Waals surface area contributed by atoms with Crippen molar-refractivity contribution < 1.29 is 4.79 Å². The van der Waals surface area contributed by atoms with E-state index in [1.165, 1.54) is 4.90 Å². The van der Waals surface area contributed by atoms with Gasteiger partial charge in [-0.1, -0.05) is 0 Å². The smallest absolute Gasteiger partial charge is 0.237 e. The van der Waals surface area contributed by atoms with Gasteiger partial charge in [-0.15, -0.1) is 11.8 Å². The van der Waals surface area contributed by atoms with Crippen LogP contribution in [-0.2, 0) is 4.79 Å².